The summed E-state index contributed by atoms with van der Waals surface area (Å²) >= 11 is 0. The lowest BCUT2D eigenvalue weighted by molar-refractivity contribution is -0.443. The molecule has 1 aliphatic carbocycles. The molecule has 1 fully saturated rings. The average molecular weight is 598 g/mol. The van der Waals surface area contributed by atoms with Gasteiger partial charge in [0.15, 0.2) is 0 Å². The lowest BCUT2D eigenvalue weighted by atomic mass is 9.72. The minimum atomic E-state index is -7.95. The van der Waals surface area contributed by atoms with E-state index in [-0.39, 0.29) is 29.7 Å². The minimum Gasteiger partial charge on any atom is -0.374 e. The van der Waals surface area contributed by atoms with Gasteiger partial charge < -0.3 is 4.90 Å². The van der Waals surface area contributed by atoms with E-state index < -0.39 is 78.6 Å². The van der Waals surface area contributed by atoms with Gasteiger partial charge in [0.1, 0.15) is 23.8 Å². The Bertz CT molecular complexity index is 1180. The Hall–Kier alpha value is -3.16. The van der Waals surface area contributed by atoms with E-state index in [0.717, 1.165) is 0 Å². The largest absolute Gasteiger partial charge is 0.460 e. The van der Waals surface area contributed by atoms with Crippen LogP contribution in [0.25, 0.3) is 0 Å². The highest BCUT2D eigenvalue weighted by molar-refractivity contribution is 5.57. The van der Waals surface area contributed by atoms with Crippen LogP contribution in [0.15, 0.2) is 22.4 Å². The van der Waals surface area contributed by atoms with Gasteiger partial charge in [0.05, 0.1) is 5.57 Å². The van der Waals surface area contributed by atoms with E-state index in [9.17, 15) is 72.9 Å². The molecule has 0 spiro atoms. The van der Waals surface area contributed by atoms with E-state index in [1.165, 1.54) is 4.90 Å². The number of allylic oxidation sites excluding steroid dienone is 4. The minimum absolute atomic E-state index is 0.0187. The normalized spacial score (nSPS) is 20.1. The van der Waals surface area contributed by atoms with Crippen LogP contribution >= 0.6 is 0 Å². The number of alkyl halides is 13. The third kappa shape index (κ3) is 4.94. The summed E-state index contributed by atoms with van der Waals surface area (Å²) in [6, 6.07) is 5.01. The first-order valence-corrected chi connectivity index (χ1v) is 11.3. The third-order valence-corrected chi connectivity index (χ3v) is 6.88. The molecule has 0 aromatic rings. The van der Waals surface area contributed by atoms with Crippen molar-refractivity contribution in [2.75, 3.05) is 13.1 Å². The molecule has 1 aliphatic heterocycles. The van der Waals surface area contributed by atoms with E-state index in [1.807, 2.05) is 0 Å². The van der Waals surface area contributed by atoms with Crippen LogP contribution < -0.4 is 0 Å². The summed E-state index contributed by atoms with van der Waals surface area (Å²) in [7, 11) is 0. The number of nitrogens with zero attached hydrogens (tertiary/aromatic N) is 4. The van der Waals surface area contributed by atoms with Gasteiger partial charge in [-0.15, -0.1) is 0 Å². The van der Waals surface area contributed by atoms with Crippen molar-refractivity contribution in [3.8, 4) is 18.2 Å². The van der Waals surface area contributed by atoms with Crippen LogP contribution in [0, 0.1) is 45.3 Å². The van der Waals surface area contributed by atoms with Gasteiger partial charge in [-0.2, -0.15) is 72.9 Å². The Balaban J connectivity index is 2.44. The van der Waals surface area contributed by atoms with Crippen LogP contribution in [0.2, 0.25) is 0 Å². The highest BCUT2D eigenvalue weighted by Gasteiger charge is 2.91. The molecule has 0 saturated carbocycles. The van der Waals surface area contributed by atoms with Gasteiger partial charge in [-0.1, -0.05) is 13.8 Å². The number of halogens is 13. The molecule has 0 N–H and O–H groups in total. The molecule has 0 aromatic carbocycles. The number of rotatable bonds is 6. The fourth-order valence-corrected chi connectivity index (χ4v) is 4.67. The van der Waals surface area contributed by atoms with Crippen LogP contribution in [0.5, 0.6) is 0 Å². The van der Waals surface area contributed by atoms with Crippen molar-refractivity contribution in [3.05, 3.63) is 22.4 Å². The van der Waals surface area contributed by atoms with Crippen molar-refractivity contribution in [1.82, 2.24) is 4.90 Å². The van der Waals surface area contributed by atoms with Crippen molar-refractivity contribution >= 4 is 0 Å². The number of nitriles is 3. The summed E-state index contributed by atoms with van der Waals surface area (Å²) < 4.78 is 176. The highest BCUT2D eigenvalue weighted by Crippen LogP contribution is 2.62. The zero-order chi connectivity index (χ0) is 31.3. The van der Waals surface area contributed by atoms with Crippen LogP contribution in [0.4, 0.5) is 57.1 Å². The van der Waals surface area contributed by atoms with Crippen LogP contribution in [-0.2, 0) is 0 Å². The van der Waals surface area contributed by atoms with Crippen LogP contribution in [0.1, 0.15) is 39.5 Å². The van der Waals surface area contributed by atoms with Crippen molar-refractivity contribution in [2.24, 2.45) is 11.3 Å². The van der Waals surface area contributed by atoms with E-state index in [2.05, 4.69) is 0 Å². The molecule has 2 aliphatic rings. The van der Waals surface area contributed by atoms with E-state index in [1.54, 1.807) is 32.1 Å². The summed E-state index contributed by atoms with van der Waals surface area (Å²) in [6.45, 7) is 1.98. The van der Waals surface area contributed by atoms with E-state index >= 15 is 0 Å². The van der Waals surface area contributed by atoms with Crippen molar-refractivity contribution in [3.63, 3.8) is 0 Å². The second-order valence-corrected chi connectivity index (χ2v) is 10.2. The monoisotopic (exact) mass is 598 g/mol. The lowest BCUT2D eigenvalue weighted by Crippen LogP contribution is -2.71. The lowest BCUT2D eigenvalue weighted by Gasteiger charge is -2.45. The topological polar surface area (TPSA) is 74.6 Å². The van der Waals surface area contributed by atoms with E-state index in [4.69, 9.17) is 0 Å². The fourth-order valence-electron chi connectivity index (χ4n) is 4.67. The molecule has 4 nitrogen and oxygen atoms in total. The molecule has 1 saturated heterocycles. The van der Waals surface area contributed by atoms with Gasteiger partial charge >= 0.3 is 35.8 Å². The van der Waals surface area contributed by atoms with Crippen molar-refractivity contribution in [1.29, 1.82) is 15.8 Å². The SMILES string of the molecule is CC1(C)CC(=C(C#N)C#N)C(C#N)=C(N2CCC(C(F)(F)C(F)(F)C(F)(F)C(F)(F)C(F)(F)C(F)(F)F)CC2)C1. The molecule has 1 heterocycles. The molecule has 0 aromatic heterocycles. The predicted octanol–water partition coefficient (Wildman–Crippen LogP) is 7.38. The quantitative estimate of drug-likeness (QED) is 0.236. The molecule has 0 amide bonds. The Morgan fingerprint density at radius 2 is 1.18 bits per heavy atom. The second-order valence-electron chi connectivity index (χ2n) is 10.2. The number of likely N-dealkylation sites (tertiary alicyclic amines) is 1. The van der Waals surface area contributed by atoms with Crippen LogP contribution in [0.3, 0.4) is 0 Å². The van der Waals surface area contributed by atoms with Crippen molar-refractivity contribution in [2.45, 2.75) is 75.3 Å². The van der Waals surface area contributed by atoms with Gasteiger partial charge in [0, 0.05) is 30.3 Å². The maximum absolute atomic E-state index is 14.6. The summed E-state index contributed by atoms with van der Waals surface area (Å²) in [5.74, 6) is -40.0. The molecular weight excluding hydrogens is 579 g/mol. The Kier molecular flexibility index (Phi) is 8.29. The molecule has 40 heavy (non-hydrogen) atoms. The predicted molar refractivity (Wildman–Crippen MR) is 109 cm³/mol. The number of hydrogen-bond acceptors (Lipinski definition) is 4. The molecule has 0 atom stereocenters. The smallest absolute Gasteiger partial charge is 0.374 e. The number of hydrogen-bond donors (Lipinski definition) is 0. The van der Waals surface area contributed by atoms with Gasteiger partial charge in [-0.05, 0) is 31.1 Å². The summed E-state index contributed by atoms with van der Waals surface area (Å²) in [4.78, 5) is 1.21. The molecule has 0 unspecified atom stereocenters. The van der Waals surface area contributed by atoms with Gasteiger partial charge in [-0.3, -0.25) is 0 Å². The van der Waals surface area contributed by atoms with Crippen LogP contribution in [-0.4, -0.2) is 53.8 Å². The molecular formula is C23H19F13N4. The molecule has 0 bridgehead atoms. The zero-order valence-electron chi connectivity index (χ0n) is 20.5. The van der Waals surface area contributed by atoms with Gasteiger partial charge in [0.25, 0.3) is 0 Å². The second kappa shape index (κ2) is 10.0. The first-order chi connectivity index (χ1) is 17.9. The Morgan fingerprint density at radius 1 is 0.725 bits per heavy atom. The summed E-state index contributed by atoms with van der Waals surface area (Å²) in [5, 5.41) is 28.1. The Morgan fingerprint density at radius 3 is 1.57 bits per heavy atom. The first-order valence-electron chi connectivity index (χ1n) is 11.3. The van der Waals surface area contributed by atoms with Gasteiger partial charge in [0.2, 0.25) is 0 Å². The summed E-state index contributed by atoms with van der Waals surface area (Å²) in [5.41, 5.74) is -1.21. The maximum atomic E-state index is 14.6. The van der Waals surface area contributed by atoms with E-state index in [0.29, 0.717) is 0 Å². The first kappa shape index (κ1) is 33.0. The average Bonchev–Trinajstić information content (AvgIpc) is 2.83. The highest BCUT2D eigenvalue weighted by atomic mass is 19.4. The molecule has 222 valence electrons. The molecule has 17 heteroatoms. The van der Waals surface area contributed by atoms with Crippen molar-refractivity contribution < 1.29 is 57.1 Å². The third-order valence-electron chi connectivity index (χ3n) is 6.88. The standard InChI is InChI=1S/C23H19F13N4/c1-17(2)7-14(12(9-37)10-38)15(11-39)16(8-17)40-5-3-13(4-6-40)18(24,25)19(26,27)20(28,29)21(30,31)22(32,33)23(34,35)36/h13H,3-8H2,1-2H3. The fraction of sp³-hybridized carbons (Fsp3) is 0.696. The zero-order valence-corrected chi connectivity index (χ0v) is 20.5. The summed E-state index contributed by atoms with van der Waals surface area (Å²) in [6.07, 6.45) is -9.64. The number of piperidine rings is 1. The molecule has 2 rings (SSSR count). The van der Waals surface area contributed by atoms with Gasteiger partial charge in [-0.25, -0.2) is 0 Å². The Labute approximate surface area is 218 Å². The maximum Gasteiger partial charge on any atom is 0.460 e. The molecule has 0 radical (unpaired) electrons.